The van der Waals surface area contributed by atoms with E-state index >= 15 is 0 Å². The highest BCUT2D eigenvalue weighted by Gasteiger charge is 2.34. The third-order valence-corrected chi connectivity index (χ3v) is 7.68. The van der Waals surface area contributed by atoms with Crippen LogP contribution in [0.1, 0.15) is 120 Å². The molecule has 0 radical (unpaired) electrons. The fourth-order valence-electron chi connectivity index (χ4n) is 6.19. The smallest absolute Gasteiger partial charge is 0.163 e. The molecule has 38 heavy (non-hydrogen) atoms. The Hall–Kier alpha value is -2.55. The molecule has 0 bridgehead atoms. The number of carbonyl (C=O) groups is 3. The molecule has 3 atom stereocenters. The molecule has 208 valence electrons. The highest BCUT2D eigenvalue weighted by atomic mass is 16.1. The third kappa shape index (κ3) is 8.48. The van der Waals surface area contributed by atoms with E-state index in [9.17, 15) is 14.4 Å². The Morgan fingerprint density at radius 3 is 2.29 bits per heavy atom. The number of rotatable bonds is 12. The van der Waals surface area contributed by atoms with E-state index in [1.165, 1.54) is 35.6 Å². The van der Waals surface area contributed by atoms with Gasteiger partial charge in [0.25, 0.3) is 0 Å². The van der Waals surface area contributed by atoms with Crippen molar-refractivity contribution in [1.82, 2.24) is 0 Å². The van der Waals surface area contributed by atoms with Crippen LogP contribution in [0.15, 0.2) is 36.4 Å². The molecular weight excluding hydrogens is 468 g/mol. The largest absolute Gasteiger partial charge is 0.300 e. The Labute approximate surface area is 231 Å². The van der Waals surface area contributed by atoms with E-state index in [0.29, 0.717) is 6.42 Å². The van der Waals surface area contributed by atoms with Gasteiger partial charge in [-0.05, 0) is 79.2 Å². The normalized spacial score (nSPS) is 16.2. The molecule has 0 saturated carbocycles. The number of hydrogen-bond donors (Lipinski definition) is 0. The van der Waals surface area contributed by atoms with Crippen LogP contribution < -0.4 is 0 Å². The van der Waals surface area contributed by atoms with Crippen LogP contribution in [0, 0.1) is 24.7 Å². The van der Waals surface area contributed by atoms with Crippen molar-refractivity contribution in [2.45, 2.75) is 113 Å². The van der Waals surface area contributed by atoms with Crippen LogP contribution in [0.25, 0.3) is 11.1 Å². The molecule has 3 rings (SSSR count). The lowest BCUT2D eigenvalue weighted by molar-refractivity contribution is -0.129. The van der Waals surface area contributed by atoms with Crippen molar-refractivity contribution in [1.29, 1.82) is 0 Å². The maximum atomic E-state index is 13.4. The van der Waals surface area contributed by atoms with Gasteiger partial charge in [-0.1, -0.05) is 96.7 Å². The lowest BCUT2D eigenvalue weighted by Crippen LogP contribution is -2.30. The van der Waals surface area contributed by atoms with Gasteiger partial charge in [-0.25, -0.2) is 0 Å². The molecule has 0 N–H and O–H groups in total. The molecule has 0 fully saturated rings. The fraction of sp³-hybridized carbons (Fsp3) is 0.571. The summed E-state index contributed by atoms with van der Waals surface area (Å²) in [6.45, 7) is 14.2. The summed E-state index contributed by atoms with van der Waals surface area (Å²) in [5.74, 6) is 0.598. The number of fused-ring (bicyclic) bond motifs is 1. The van der Waals surface area contributed by atoms with Crippen LogP contribution in [-0.4, -0.2) is 17.3 Å². The van der Waals surface area contributed by atoms with Gasteiger partial charge >= 0.3 is 0 Å². The molecule has 0 spiro atoms. The van der Waals surface area contributed by atoms with Crippen molar-refractivity contribution < 1.29 is 14.4 Å². The summed E-state index contributed by atoms with van der Waals surface area (Å²) in [7, 11) is 0. The summed E-state index contributed by atoms with van der Waals surface area (Å²) in [6, 6.07) is 13.0. The number of benzene rings is 2. The highest BCUT2D eigenvalue weighted by molar-refractivity contribution is 6.02. The van der Waals surface area contributed by atoms with Gasteiger partial charge in [0.1, 0.15) is 11.6 Å². The Bertz CT molecular complexity index is 1080. The molecule has 1 aliphatic carbocycles. The van der Waals surface area contributed by atoms with Crippen molar-refractivity contribution in [3.8, 4) is 11.1 Å². The first-order valence-corrected chi connectivity index (χ1v) is 15.0. The molecule has 3 nitrogen and oxygen atoms in total. The quantitative estimate of drug-likeness (QED) is 0.263. The molecule has 2 aromatic carbocycles. The second-order valence-corrected chi connectivity index (χ2v) is 11.3. The van der Waals surface area contributed by atoms with E-state index in [1.807, 2.05) is 6.92 Å². The van der Waals surface area contributed by atoms with Crippen molar-refractivity contribution in [2.75, 3.05) is 0 Å². The predicted octanol–water partition coefficient (Wildman–Crippen LogP) is 9.16. The Morgan fingerprint density at radius 1 is 0.974 bits per heavy atom. The summed E-state index contributed by atoms with van der Waals surface area (Å²) >= 11 is 0. The zero-order valence-electron chi connectivity index (χ0n) is 25.0. The van der Waals surface area contributed by atoms with Crippen molar-refractivity contribution in [3.63, 3.8) is 0 Å². The van der Waals surface area contributed by atoms with E-state index in [0.717, 1.165) is 56.1 Å². The van der Waals surface area contributed by atoms with Gasteiger partial charge in [0.2, 0.25) is 0 Å². The summed E-state index contributed by atoms with van der Waals surface area (Å²) < 4.78 is 0. The first kappa shape index (κ1) is 31.7. The van der Waals surface area contributed by atoms with Gasteiger partial charge in [0, 0.05) is 17.9 Å². The number of ketones is 3. The van der Waals surface area contributed by atoms with Crippen LogP contribution >= 0.6 is 0 Å². The van der Waals surface area contributed by atoms with E-state index in [-0.39, 0.29) is 41.5 Å². The topological polar surface area (TPSA) is 51.2 Å². The third-order valence-electron chi connectivity index (χ3n) is 7.68. The summed E-state index contributed by atoms with van der Waals surface area (Å²) in [5.41, 5.74) is 6.84. The van der Waals surface area contributed by atoms with E-state index in [2.05, 4.69) is 71.0 Å². The van der Waals surface area contributed by atoms with Gasteiger partial charge in [-0.2, -0.15) is 0 Å². The van der Waals surface area contributed by atoms with Gasteiger partial charge in [-0.3, -0.25) is 14.4 Å². The molecule has 2 aromatic rings. The standard InChI is InChI=1S/C32H42O3.C3H8/c1-6-10-23-12-9-13-26(17-23)28-15-14-21(4)32-29(28)19-24(20-31(32)35)18-25(11-7-2)27(8-3)30(34)16-22(5)33;1-3-2/h9,12-15,17,24-25,27H,6-8,10-11,16,18-20H2,1-5H3;3H2,1-2H3. The van der Waals surface area contributed by atoms with Gasteiger partial charge in [0.15, 0.2) is 5.78 Å². The van der Waals surface area contributed by atoms with Crippen molar-refractivity contribution >= 4 is 17.3 Å². The fourth-order valence-corrected chi connectivity index (χ4v) is 6.19. The molecule has 3 heteroatoms. The molecule has 0 saturated heterocycles. The molecule has 1 aliphatic rings. The molecule has 0 heterocycles. The maximum absolute atomic E-state index is 13.4. The predicted molar refractivity (Wildman–Crippen MR) is 160 cm³/mol. The molecular formula is C35H50O3. The minimum absolute atomic E-state index is 0.0304. The van der Waals surface area contributed by atoms with Crippen molar-refractivity contribution in [2.24, 2.45) is 17.8 Å². The van der Waals surface area contributed by atoms with Gasteiger partial charge < -0.3 is 0 Å². The van der Waals surface area contributed by atoms with Crippen molar-refractivity contribution in [3.05, 3.63) is 58.7 Å². The number of Topliss-reactive ketones (excluding diaryl/α,β-unsaturated/α-hetero) is 3. The Morgan fingerprint density at radius 2 is 1.68 bits per heavy atom. The van der Waals surface area contributed by atoms with E-state index < -0.39 is 0 Å². The van der Waals surface area contributed by atoms with Crippen LogP contribution in [-0.2, 0) is 22.4 Å². The SMILES string of the molecule is CCC.CCCc1cccc(-c2ccc(C)c3c2CC(CC(CCC)C(CC)C(=O)CC(C)=O)CC3=O)c1. The first-order chi connectivity index (χ1) is 18.2. The summed E-state index contributed by atoms with van der Waals surface area (Å²) in [4.78, 5) is 37.9. The maximum Gasteiger partial charge on any atom is 0.163 e. The average Bonchev–Trinajstić information content (AvgIpc) is 2.85. The minimum atomic E-state index is -0.0990. The lowest BCUT2D eigenvalue weighted by Gasteiger charge is -2.32. The number of hydrogen-bond acceptors (Lipinski definition) is 3. The van der Waals surface area contributed by atoms with E-state index in [4.69, 9.17) is 0 Å². The summed E-state index contributed by atoms with van der Waals surface area (Å²) in [6.07, 6.45) is 8.43. The molecule has 0 aliphatic heterocycles. The summed E-state index contributed by atoms with van der Waals surface area (Å²) in [5, 5.41) is 0. The molecule has 0 aromatic heterocycles. The molecule has 0 amide bonds. The first-order valence-electron chi connectivity index (χ1n) is 15.0. The monoisotopic (exact) mass is 518 g/mol. The Balaban J connectivity index is 0.00000161. The van der Waals surface area contributed by atoms with Crippen LogP contribution in [0.5, 0.6) is 0 Å². The number of aryl methyl sites for hydroxylation is 2. The Kier molecular flexibility index (Phi) is 13.1. The number of carbonyl (C=O) groups excluding carboxylic acids is 3. The van der Waals surface area contributed by atoms with Crippen LogP contribution in [0.3, 0.4) is 0 Å². The zero-order chi connectivity index (χ0) is 28.2. The zero-order valence-corrected chi connectivity index (χ0v) is 25.0. The minimum Gasteiger partial charge on any atom is -0.300 e. The molecule has 3 unspecified atom stereocenters. The highest BCUT2D eigenvalue weighted by Crippen LogP contribution is 2.40. The average molecular weight is 519 g/mol. The lowest BCUT2D eigenvalue weighted by atomic mass is 9.71. The van der Waals surface area contributed by atoms with Gasteiger partial charge in [0.05, 0.1) is 6.42 Å². The van der Waals surface area contributed by atoms with Gasteiger partial charge in [-0.15, -0.1) is 0 Å². The van der Waals surface area contributed by atoms with Crippen LogP contribution in [0.4, 0.5) is 0 Å². The second kappa shape index (κ2) is 15.8. The van der Waals surface area contributed by atoms with Crippen LogP contribution in [0.2, 0.25) is 0 Å². The second-order valence-electron chi connectivity index (χ2n) is 11.3. The van der Waals surface area contributed by atoms with E-state index in [1.54, 1.807) is 0 Å².